The van der Waals surface area contributed by atoms with Crippen molar-refractivity contribution in [1.82, 2.24) is 15.2 Å². The maximum absolute atomic E-state index is 12.9. The zero-order chi connectivity index (χ0) is 21.2. The van der Waals surface area contributed by atoms with Gasteiger partial charge >= 0.3 is 0 Å². The van der Waals surface area contributed by atoms with Crippen molar-refractivity contribution in [3.05, 3.63) is 52.3 Å². The number of amides is 1. The highest BCUT2D eigenvalue weighted by atomic mass is 32.1. The molecule has 1 aliphatic rings. The van der Waals surface area contributed by atoms with E-state index in [4.69, 9.17) is 9.47 Å². The second-order valence-corrected chi connectivity index (χ2v) is 9.62. The Hall–Kier alpha value is -2.52. The molecule has 1 N–H and O–H groups in total. The number of aryl methyl sites for hydroxylation is 1. The van der Waals surface area contributed by atoms with E-state index in [9.17, 15) is 4.79 Å². The van der Waals surface area contributed by atoms with E-state index in [2.05, 4.69) is 15.2 Å². The van der Waals surface area contributed by atoms with Crippen LogP contribution in [-0.4, -0.2) is 55.2 Å². The molecule has 0 unspecified atom stereocenters. The molecule has 1 aliphatic heterocycles. The minimum atomic E-state index is -0.0138. The number of hydrogen-bond acceptors (Lipinski definition) is 7. The summed E-state index contributed by atoms with van der Waals surface area (Å²) in [5, 5.41) is 6.07. The third-order valence-electron chi connectivity index (χ3n) is 5.42. The molecular weight excluding hydrogens is 430 g/mol. The van der Waals surface area contributed by atoms with E-state index in [-0.39, 0.29) is 5.91 Å². The molecule has 6 nitrogen and oxygen atoms in total. The molecule has 0 bridgehead atoms. The molecule has 0 atom stereocenters. The van der Waals surface area contributed by atoms with Gasteiger partial charge in [0.2, 0.25) is 0 Å². The van der Waals surface area contributed by atoms with Crippen molar-refractivity contribution in [2.24, 2.45) is 0 Å². The molecule has 0 saturated carbocycles. The first-order valence-corrected chi connectivity index (χ1v) is 12.0. The number of pyridine rings is 1. The molecule has 1 amide bonds. The summed E-state index contributed by atoms with van der Waals surface area (Å²) in [7, 11) is 0. The summed E-state index contributed by atoms with van der Waals surface area (Å²) in [6, 6.07) is 9.80. The van der Waals surface area contributed by atoms with Gasteiger partial charge in [-0.1, -0.05) is 0 Å². The highest BCUT2D eigenvalue weighted by Gasteiger charge is 2.18. The number of carbonyl (C=O) groups is 1. The minimum Gasteiger partial charge on any atom is -0.456 e. The fourth-order valence-electron chi connectivity index (χ4n) is 3.84. The van der Waals surface area contributed by atoms with Crippen LogP contribution in [0, 0.1) is 6.92 Å². The maximum atomic E-state index is 12.9. The SMILES string of the molecule is Cc1sc2cc(Oc3ccnc4ccsc34)ccc2c1C(=O)NCCN1CCOCC1. The zero-order valence-corrected chi connectivity index (χ0v) is 18.9. The Morgan fingerprint density at radius 3 is 3.00 bits per heavy atom. The van der Waals surface area contributed by atoms with Crippen LogP contribution < -0.4 is 10.1 Å². The Bertz CT molecular complexity index is 1230. The zero-order valence-electron chi connectivity index (χ0n) is 17.2. The summed E-state index contributed by atoms with van der Waals surface area (Å²) >= 11 is 3.24. The number of fused-ring (bicyclic) bond motifs is 2. The molecule has 160 valence electrons. The van der Waals surface area contributed by atoms with E-state index in [1.54, 1.807) is 28.9 Å². The molecule has 8 heteroatoms. The van der Waals surface area contributed by atoms with E-state index in [1.807, 2.05) is 42.6 Å². The Kier molecular flexibility index (Phi) is 5.87. The topological polar surface area (TPSA) is 63.7 Å². The largest absolute Gasteiger partial charge is 0.456 e. The van der Waals surface area contributed by atoms with Crippen LogP contribution in [0.4, 0.5) is 0 Å². The van der Waals surface area contributed by atoms with Gasteiger partial charge in [-0.2, -0.15) is 0 Å². The van der Waals surface area contributed by atoms with Crippen LogP contribution in [0.5, 0.6) is 11.5 Å². The highest BCUT2D eigenvalue weighted by Crippen LogP contribution is 2.37. The van der Waals surface area contributed by atoms with Gasteiger partial charge in [-0.05, 0) is 36.6 Å². The summed E-state index contributed by atoms with van der Waals surface area (Å²) in [5.74, 6) is 1.54. The number of thiophene rings is 2. The first kappa shape index (κ1) is 20.4. The Labute approximate surface area is 188 Å². The van der Waals surface area contributed by atoms with Crippen LogP contribution in [0.2, 0.25) is 0 Å². The van der Waals surface area contributed by atoms with E-state index < -0.39 is 0 Å². The van der Waals surface area contributed by atoms with Gasteiger partial charge in [0.15, 0.2) is 0 Å². The average molecular weight is 454 g/mol. The molecule has 5 rings (SSSR count). The van der Waals surface area contributed by atoms with Crippen LogP contribution >= 0.6 is 22.7 Å². The lowest BCUT2D eigenvalue weighted by Gasteiger charge is -2.26. The van der Waals surface area contributed by atoms with Crippen molar-refractivity contribution >= 4 is 48.9 Å². The van der Waals surface area contributed by atoms with Gasteiger partial charge in [-0.25, -0.2) is 0 Å². The van der Waals surface area contributed by atoms with Gasteiger partial charge in [0.05, 0.1) is 29.0 Å². The summed E-state index contributed by atoms with van der Waals surface area (Å²) < 4.78 is 13.6. The maximum Gasteiger partial charge on any atom is 0.253 e. The molecule has 4 heterocycles. The molecule has 1 saturated heterocycles. The highest BCUT2D eigenvalue weighted by molar-refractivity contribution is 7.19. The molecule has 3 aromatic heterocycles. The van der Waals surface area contributed by atoms with Crippen LogP contribution in [0.3, 0.4) is 0 Å². The van der Waals surface area contributed by atoms with E-state index >= 15 is 0 Å². The fraction of sp³-hybridized carbons (Fsp3) is 0.304. The van der Waals surface area contributed by atoms with Crippen LogP contribution in [-0.2, 0) is 4.74 Å². The quantitative estimate of drug-likeness (QED) is 0.460. The van der Waals surface area contributed by atoms with Crippen molar-refractivity contribution in [1.29, 1.82) is 0 Å². The van der Waals surface area contributed by atoms with Gasteiger partial charge in [0.1, 0.15) is 11.5 Å². The van der Waals surface area contributed by atoms with Crippen molar-refractivity contribution < 1.29 is 14.3 Å². The predicted octanol–water partition coefficient (Wildman–Crippen LogP) is 4.67. The van der Waals surface area contributed by atoms with Crippen LogP contribution in [0.1, 0.15) is 15.2 Å². The van der Waals surface area contributed by atoms with Gasteiger partial charge in [-0.15, -0.1) is 22.7 Å². The van der Waals surface area contributed by atoms with Gasteiger partial charge in [0, 0.05) is 53.4 Å². The van der Waals surface area contributed by atoms with Crippen molar-refractivity contribution in [3.63, 3.8) is 0 Å². The second-order valence-electron chi connectivity index (χ2n) is 7.45. The van der Waals surface area contributed by atoms with Gasteiger partial charge in [0.25, 0.3) is 5.91 Å². The Balaban J connectivity index is 1.31. The molecule has 1 fully saturated rings. The van der Waals surface area contributed by atoms with Crippen molar-refractivity contribution in [2.45, 2.75) is 6.92 Å². The number of ether oxygens (including phenoxy) is 2. The standard InChI is InChI=1S/C23H23N3O3S2/c1-15-21(23(27)25-7-8-26-9-11-28-12-10-26)17-3-2-16(14-20(17)31-15)29-19-4-6-24-18-5-13-30-22(18)19/h2-6,13-14H,7-12H2,1H3,(H,25,27). The number of carbonyl (C=O) groups excluding carboxylic acids is 1. The minimum absolute atomic E-state index is 0.0138. The number of morpholine rings is 1. The fourth-order valence-corrected chi connectivity index (χ4v) is 5.73. The van der Waals surface area contributed by atoms with E-state index in [0.29, 0.717) is 6.54 Å². The monoisotopic (exact) mass is 453 g/mol. The summed E-state index contributed by atoms with van der Waals surface area (Å²) in [5.41, 5.74) is 1.70. The predicted molar refractivity (Wildman–Crippen MR) is 126 cm³/mol. The first-order valence-electron chi connectivity index (χ1n) is 10.3. The third kappa shape index (κ3) is 4.29. The smallest absolute Gasteiger partial charge is 0.253 e. The number of nitrogens with one attached hydrogen (secondary N) is 1. The average Bonchev–Trinajstić information content (AvgIpc) is 3.38. The van der Waals surface area contributed by atoms with Gasteiger partial charge in [-0.3, -0.25) is 14.7 Å². The molecule has 31 heavy (non-hydrogen) atoms. The number of aromatic nitrogens is 1. The Morgan fingerprint density at radius 2 is 2.13 bits per heavy atom. The van der Waals surface area contributed by atoms with E-state index in [1.165, 1.54) is 0 Å². The lowest BCUT2D eigenvalue weighted by atomic mass is 10.1. The van der Waals surface area contributed by atoms with E-state index in [0.717, 1.165) is 75.1 Å². The molecule has 0 radical (unpaired) electrons. The lowest BCUT2D eigenvalue weighted by Crippen LogP contribution is -2.41. The van der Waals surface area contributed by atoms with Gasteiger partial charge < -0.3 is 14.8 Å². The van der Waals surface area contributed by atoms with Crippen molar-refractivity contribution in [2.75, 3.05) is 39.4 Å². The molecule has 4 aromatic rings. The number of benzene rings is 1. The third-order valence-corrected chi connectivity index (χ3v) is 7.40. The summed E-state index contributed by atoms with van der Waals surface area (Å²) in [6.07, 6.45) is 1.76. The normalized spacial score (nSPS) is 14.9. The molecule has 0 aliphatic carbocycles. The number of rotatable bonds is 6. The van der Waals surface area contributed by atoms with Crippen molar-refractivity contribution in [3.8, 4) is 11.5 Å². The summed E-state index contributed by atoms with van der Waals surface area (Å²) in [6.45, 7) is 6.87. The molecule has 0 spiro atoms. The number of nitrogens with zero attached hydrogens (tertiary/aromatic N) is 2. The van der Waals surface area contributed by atoms with Crippen LogP contribution in [0.15, 0.2) is 41.9 Å². The second kappa shape index (κ2) is 8.92. The lowest BCUT2D eigenvalue weighted by molar-refractivity contribution is 0.0383. The number of hydrogen-bond donors (Lipinski definition) is 1. The summed E-state index contributed by atoms with van der Waals surface area (Å²) in [4.78, 5) is 20.6. The molecule has 1 aromatic carbocycles. The Morgan fingerprint density at radius 1 is 1.26 bits per heavy atom. The first-order chi connectivity index (χ1) is 15.2. The van der Waals surface area contributed by atoms with Crippen LogP contribution in [0.25, 0.3) is 20.3 Å². The molecular formula is C23H23N3O3S2.